The van der Waals surface area contributed by atoms with E-state index < -0.39 is 0 Å². The van der Waals surface area contributed by atoms with Crippen LogP contribution in [0.2, 0.25) is 0 Å². The molecule has 1 unspecified atom stereocenters. The third-order valence-electron chi connectivity index (χ3n) is 5.34. The average molecular weight is 408 g/mol. The van der Waals surface area contributed by atoms with E-state index in [1.54, 1.807) is 11.9 Å². The van der Waals surface area contributed by atoms with Crippen LogP contribution in [0.15, 0.2) is 24.5 Å². The number of hydrogen-bond donors (Lipinski definition) is 2. The highest BCUT2D eigenvalue weighted by Gasteiger charge is 2.24. The van der Waals surface area contributed by atoms with Gasteiger partial charge in [0.05, 0.1) is 5.39 Å². The van der Waals surface area contributed by atoms with Gasteiger partial charge < -0.3 is 11.1 Å². The number of hydrogen-bond acceptors (Lipinski definition) is 7. The third-order valence-corrected chi connectivity index (χ3v) is 6.19. The van der Waals surface area contributed by atoms with Gasteiger partial charge in [-0.3, -0.25) is 4.31 Å². The number of rotatable bonds is 4. The maximum atomic E-state index is 6.17. The van der Waals surface area contributed by atoms with Crippen molar-refractivity contribution in [2.45, 2.75) is 19.9 Å². The molecule has 0 spiro atoms. The fourth-order valence-electron chi connectivity index (χ4n) is 3.64. The van der Waals surface area contributed by atoms with Crippen molar-refractivity contribution in [1.82, 2.24) is 24.1 Å². The zero-order chi connectivity index (χ0) is 20.4. The van der Waals surface area contributed by atoms with Crippen LogP contribution in [0.25, 0.3) is 11.0 Å². The van der Waals surface area contributed by atoms with E-state index in [4.69, 9.17) is 10.8 Å². The van der Waals surface area contributed by atoms with Crippen LogP contribution in [0.1, 0.15) is 23.2 Å². The zero-order valence-electron chi connectivity index (χ0n) is 16.9. The molecule has 1 saturated heterocycles. The lowest BCUT2D eigenvalue weighted by atomic mass is 10.1. The van der Waals surface area contributed by atoms with Crippen LogP contribution in [0, 0.1) is 24.7 Å². The van der Waals surface area contributed by atoms with Crippen molar-refractivity contribution < 1.29 is 0 Å². The van der Waals surface area contributed by atoms with E-state index in [1.165, 1.54) is 6.33 Å². The van der Waals surface area contributed by atoms with Gasteiger partial charge in [0.25, 0.3) is 0 Å². The van der Waals surface area contributed by atoms with Gasteiger partial charge >= 0.3 is 0 Å². The van der Waals surface area contributed by atoms with Crippen molar-refractivity contribution in [1.29, 1.82) is 0 Å². The molecule has 1 aliphatic heterocycles. The van der Waals surface area contributed by atoms with Crippen LogP contribution < -0.4 is 11.1 Å². The minimum absolute atomic E-state index is 0.420. The number of nitrogen functional groups attached to an aromatic ring is 1. The van der Waals surface area contributed by atoms with Crippen molar-refractivity contribution in [3.05, 3.63) is 41.3 Å². The highest BCUT2D eigenvalue weighted by Crippen LogP contribution is 2.26. The Hall–Kier alpha value is -2.76. The summed E-state index contributed by atoms with van der Waals surface area (Å²) in [4.78, 5) is 8.62. The molecule has 1 fully saturated rings. The smallest absolute Gasteiger partial charge is 0.164 e. The number of nitrogens with two attached hydrogens (primary N) is 1. The Morgan fingerprint density at radius 3 is 2.93 bits per heavy atom. The van der Waals surface area contributed by atoms with Crippen molar-refractivity contribution in [3.63, 3.8) is 0 Å². The van der Waals surface area contributed by atoms with Crippen LogP contribution in [0.3, 0.4) is 0 Å². The molecule has 29 heavy (non-hydrogen) atoms. The second-order valence-electron chi connectivity index (χ2n) is 7.24. The third kappa shape index (κ3) is 4.02. The summed E-state index contributed by atoms with van der Waals surface area (Å²) in [6.45, 7) is 5.02. The van der Waals surface area contributed by atoms with Crippen LogP contribution in [0.5, 0.6) is 0 Å². The molecule has 0 radical (unpaired) electrons. The Bertz CT molecular complexity index is 1100. The SMILES string of the molecule is CNc1ccc(C)c(C#Cc2nn(CC3CCN(SC)C3)c3ncnc(N)c23)c1. The first-order valence-corrected chi connectivity index (χ1v) is 10.8. The fraction of sp³-hybridized carbons (Fsp3) is 0.381. The van der Waals surface area contributed by atoms with Crippen LogP contribution in [-0.2, 0) is 6.54 Å². The van der Waals surface area contributed by atoms with E-state index in [2.05, 4.69) is 50.7 Å². The Balaban J connectivity index is 1.71. The molecule has 2 aromatic heterocycles. The van der Waals surface area contributed by atoms with Gasteiger partial charge in [0.1, 0.15) is 17.8 Å². The van der Waals surface area contributed by atoms with E-state index >= 15 is 0 Å². The van der Waals surface area contributed by atoms with E-state index in [0.29, 0.717) is 17.4 Å². The molecular weight excluding hydrogens is 382 g/mol. The summed E-state index contributed by atoms with van der Waals surface area (Å²) in [5.74, 6) is 7.43. The highest BCUT2D eigenvalue weighted by atomic mass is 32.2. The number of anilines is 2. The van der Waals surface area contributed by atoms with Gasteiger partial charge in [0, 0.05) is 37.9 Å². The number of benzene rings is 1. The molecule has 150 valence electrons. The molecule has 3 heterocycles. The van der Waals surface area contributed by atoms with E-state index in [-0.39, 0.29) is 0 Å². The normalized spacial score (nSPS) is 16.7. The summed E-state index contributed by atoms with van der Waals surface area (Å²) in [6.07, 6.45) is 4.77. The first kappa shape index (κ1) is 19.6. The lowest BCUT2D eigenvalue weighted by molar-refractivity contribution is 0.437. The molecule has 0 saturated carbocycles. The van der Waals surface area contributed by atoms with Gasteiger partial charge in [-0.2, -0.15) is 5.10 Å². The summed E-state index contributed by atoms with van der Waals surface area (Å²) < 4.78 is 4.33. The van der Waals surface area contributed by atoms with Crippen molar-refractivity contribution in [2.75, 3.05) is 37.4 Å². The molecule has 8 heteroatoms. The quantitative estimate of drug-likeness (QED) is 0.508. The zero-order valence-corrected chi connectivity index (χ0v) is 17.8. The van der Waals surface area contributed by atoms with E-state index in [9.17, 15) is 0 Å². The number of nitrogens with zero attached hydrogens (tertiary/aromatic N) is 5. The Morgan fingerprint density at radius 2 is 2.17 bits per heavy atom. The molecule has 1 aliphatic rings. The lowest BCUT2D eigenvalue weighted by Gasteiger charge is -2.12. The predicted molar refractivity (Wildman–Crippen MR) is 120 cm³/mol. The molecule has 1 aromatic carbocycles. The standard InChI is InChI=1S/C21H25N7S/c1-14-4-6-17(23-2)10-16(14)5-7-18-19-20(22)24-13-25-21(19)28(26-18)12-15-8-9-27(11-15)29-3/h4,6,10,13,15,23H,8-9,11-12H2,1-3H3,(H2,22,24,25). The lowest BCUT2D eigenvalue weighted by Crippen LogP contribution is -2.16. The molecule has 3 aromatic rings. The molecule has 0 amide bonds. The summed E-state index contributed by atoms with van der Waals surface area (Å²) in [6, 6.07) is 6.13. The molecular formula is C21H25N7S. The molecule has 1 atom stereocenters. The van der Waals surface area contributed by atoms with Gasteiger partial charge in [-0.05, 0) is 49.1 Å². The Morgan fingerprint density at radius 1 is 1.31 bits per heavy atom. The molecule has 0 bridgehead atoms. The van der Waals surface area contributed by atoms with Crippen LogP contribution >= 0.6 is 11.9 Å². The van der Waals surface area contributed by atoms with Gasteiger partial charge in [0.15, 0.2) is 5.65 Å². The minimum atomic E-state index is 0.420. The summed E-state index contributed by atoms with van der Waals surface area (Å²) in [5.41, 5.74) is 10.7. The van der Waals surface area contributed by atoms with Crippen molar-refractivity contribution >= 4 is 34.5 Å². The van der Waals surface area contributed by atoms with Crippen LogP contribution in [-0.4, -0.2) is 50.4 Å². The van der Waals surface area contributed by atoms with E-state index in [1.807, 2.05) is 23.9 Å². The number of fused-ring (bicyclic) bond motifs is 1. The fourth-order valence-corrected chi connectivity index (χ4v) is 4.29. The Kier molecular flexibility index (Phi) is 5.60. The first-order chi connectivity index (χ1) is 14.1. The summed E-state index contributed by atoms with van der Waals surface area (Å²) >= 11 is 1.80. The summed E-state index contributed by atoms with van der Waals surface area (Å²) in [7, 11) is 1.90. The molecule has 4 rings (SSSR count). The maximum absolute atomic E-state index is 6.17. The van der Waals surface area contributed by atoms with Crippen LogP contribution in [0.4, 0.5) is 11.5 Å². The molecule has 0 aliphatic carbocycles. The van der Waals surface area contributed by atoms with E-state index in [0.717, 1.165) is 53.9 Å². The second-order valence-corrected chi connectivity index (χ2v) is 8.12. The van der Waals surface area contributed by atoms with Gasteiger partial charge in [-0.25, -0.2) is 14.6 Å². The largest absolute Gasteiger partial charge is 0.388 e. The first-order valence-electron chi connectivity index (χ1n) is 9.65. The van der Waals surface area contributed by atoms with Gasteiger partial charge in [-0.15, -0.1) is 0 Å². The maximum Gasteiger partial charge on any atom is 0.164 e. The molecule has 7 nitrogen and oxygen atoms in total. The minimum Gasteiger partial charge on any atom is -0.388 e. The number of nitrogens with one attached hydrogen (secondary N) is 1. The summed E-state index contributed by atoms with van der Waals surface area (Å²) in [5, 5.41) is 8.66. The second kappa shape index (κ2) is 8.31. The van der Waals surface area contributed by atoms with Crippen molar-refractivity contribution in [3.8, 4) is 11.8 Å². The number of aromatic nitrogens is 4. The monoisotopic (exact) mass is 407 g/mol. The highest BCUT2D eigenvalue weighted by molar-refractivity contribution is 7.96. The number of aryl methyl sites for hydroxylation is 1. The average Bonchev–Trinajstić information content (AvgIpc) is 3.33. The van der Waals surface area contributed by atoms with Gasteiger partial charge in [0.2, 0.25) is 0 Å². The topological polar surface area (TPSA) is 84.9 Å². The predicted octanol–water partition coefficient (Wildman–Crippen LogP) is 2.76. The molecule has 3 N–H and O–H groups in total. The Labute approximate surface area is 175 Å². The van der Waals surface area contributed by atoms with Gasteiger partial charge in [-0.1, -0.05) is 23.9 Å². The van der Waals surface area contributed by atoms with Crippen molar-refractivity contribution in [2.24, 2.45) is 5.92 Å².